The highest BCUT2D eigenvalue weighted by molar-refractivity contribution is 5.96. The van der Waals surface area contributed by atoms with E-state index < -0.39 is 0 Å². The second-order valence-electron chi connectivity index (χ2n) is 5.36. The summed E-state index contributed by atoms with van der Waals surface area (Å²) in [4.78, 5) is 12.1. The lowest BCUT2D eigenvalue weighted by Gasteiger charge is -2.21. The number of para-hydroxylation sites is 1. The van der Waals surface area contributed by atoms with E-state index >= 15 is 0 Å². The molecule has 1 aromatic heterocycles. The maximum atomic E-state index is 12.1. The lowest BCUT2D eigenvalue weighted by Crippen LogP contribution is -2.29. The molecule has 1 aliphatic rings. The summed E-state index contributed by atoms with van der Waals surface area (Å²) in [6, 6.07) is 9.51. The van der Waals surface area contributed by atoms with Gasteiger partial charge in [0.1, 0.15) is 5.58 Å². The van der Waals surface area contributed by atoms with Crippen molar-refractivity contribution in [1.82, 2.24) is 5.32 Å². The van der Waals surface area contributed by atoms with Crippen LogP contribution in [-0.4, -0.2) is 12.5 Å². The molecule has 0 saturated heterocycles. The highest BCUT2D eigenvalue weighted by atomic mass is 16.3. The Morgan fingerprint density at radius 3 is 2.79 bits per heavy atom. The molecule has 0 radical (unpaired) electrons. The van der Waals surface area contributed by atoms with E-state index in [2.05, 4.69) is 5.32 Å². The fourth-order valence-electron chi connectivity index (χ4n) is 2.81. The third kappa shape index (κ3) is 2.80. The normalized spacial score (nSPS) is 16.6. The summed E-state index contributed by atoms with van der Waals surface area (Å²) in [6.07, 6.45) is 6.41. The van der Waals surface area contributed by atoms with Crippen molar-refractivity contribution in [3.8, 4) is 0 Å². The van der Waals surface area contributed by atoms with Gasteiger partial charge in [0.15, 0.2) is 5.76 Å². The molecule has 1 fully saturated rings. The summed E-state index contributed by atoms with van der Waals surface area (Å²) < 4.78 is 5.56. The molecule has 3 rings (SSSR count). The monoisotopic (exact) mass is 257 g/mol. The molecule has 0 bridgehead atoms. The Bertz CT molecular complexity index is 534. The van der Waals surface area contributed by atoms with Crippen LogP contribution < -0.4 is 5.32 Å². The fraction of sp³-hybridized carbons (Fsp3) is 0.438. The lowest BCUT2D eigenvalue weighted by atomic mass is 9.89. The van der Waals surface area contributed by atoms with Crippen molar-refractivity contribution in [2.75, 3.05) is 6.54 Å². The van der Waals surface area contributed by atoms with E-state index in [1.165, 1.54) is 32.1 Å². The Hall–Kier alpha value is -1.77. The summed E-state index contributed by atoms with van der Waals surface area (Å²) in [5.41, 5.74) is 0.769. The minimum Gasteiger partial charge on any atom is -0.451 e. The number of furan rings is 1. The third-order valence-corrected chi connectivity index (χ3v) is 3.93. The van der Waals surface area contributed by atoms with E-state index in [0.29, 0.717) is 11.7 Å². The highest BCUT2D eigenvalue weighted by Gasteiger charge is 2.16. The maximum absolute atomic E-state index is 12.1. The average Bonchev–Trinajstić information content (AvgIpc) is 2.90. The van der Waals surface area contributed by atoms with Gasteiger partial charge in [-0.1, -0.05) is 37.5 Å². The predicted molar refractivity (Wildman–Crippen MR) is 75.1 cm³/mol. The van der Waals surface area contributed by atoms with Crippen LogP contribution in [0.3, 0.4) is 0 Å². The second-order valence-corrected chi connectivity index (χ2v) is 5.36. The Labute approximate surface area is 113 Å². The first kappa shape index (κ1) is 12.3. The summed E-state index contributed by atoms with van der Waals surface area (Å²) >= 11 is 0. The number of amides is 1. The molecule has 2 aromatic rings. The van der Waals surface area contributed by atoms with Crippen molar-refractivity contribution in [3.05, 3.63) is 36.1 Å². The van der Waals surface area contributed by atoms with E-state index in [-0.39, 0.29) is 5.91 Å². The number of nitrogens with one attached hydrogen (secondary N) is 1. The van der Waals surface area contributed by atoms with Crippen molar-refractivity contribution in [2.45, 2.75) is 32.1 Å². The topological polar surface area (TPSA) is 42.2 Å². The Balaban J connectivity index is 1.63. The van der Waals surface area contributed by atoms with Gasteiger partial charge in [-0.05, 0) is 30.9 Å². The molecule has 3 nitrogen and oxygen atoms in total. The standard InChI is InChI=1S/C16H19NO2/c18-16(17-11-12-6-2-1-3-7-12)15-10-13-8-4-5-9-14(13)19-15/h4-5,8-10,12H,1-3,6-7,11H2,(H,17,18). The number of carbonyl (C=O) groups excluding carboxylic acids is 1. The van der Waals surface area contributed by atoms with Crippen LogP contribution in [0, 0.1) is 5.92 Å². The summed E-state index contributed by atoms with van der Waals surface area (Å²) in [7, 11) is 0. The van der Waals surface area contributed by atoms with Crippen LogP contribution >= 0.6 is 0 Å². The predicted octanol–water partition coefficient (Wildman–Crippen LogP) is 3.74. The quantitative estimate of drug-likeness (QED) is 0.910. The molecule has 1 heterocycles. The SMILES string of the molecule is O=C(NCC1CCCCC1)c1cc2ccccc2o1. The Morgan fingerprint density at radius 1 is 1.21 bits per heavy atom. The number of benzene rings is 1. The molecule has 1 N–H and O–H groups in total. The van der Waals surface area contributed by atoms with Gasteiger partial charge in [-0.15, -0.1) is 0 Å². The largest absolute Gasteiger partial charge is 0.451 e. The van der Waals surface area contributed by atoms with E-state index in [4.69, 9.17) is 4.42 Å². The van der Waals surface area contributed by atoms with Gasteiger partial charge in [0.05, 0.1) is 0 Å². The van der Waals surface area contributed by atoms with E-state index in [0.717, 1.165) is 17.5 Å². The van der Waals surface area contributed by atoms with Gasteiger partial charge in [-0.2, -0.15) is 0 Å². The number of fused-ring (bicyclic) bond motifs is 1. The van der Waals surface area contributed by atoms with Gasteiger partial charge in [0.25, 0.3) is 5.91 Å². The van der Waals surface area contributed by atoms with Gasteiger partial charge < -0.3 is 9.73 Å². The summed E-state index contributed by atoms with van der Waals surface area (Å²) in [6.45, 7) is 0.774. The zero-order chi connectivity index (χ0) is 13.1. The molecule has 1 saturated carbocycles. The molecule has 1 aromatic carbocycles. The molecule has 0 spiro atoms. The lowest BCUT2D eigenvalue weighted by molar-refractivity contribution is 0.0918. The van der Waals surface area contributed by atoms with Crippen LogP contribution in [0.5, 0.6) is 0 Å². The number of rotatable bonds is 3. The van der Waals surface area contributed by atoms with Crippen LogP contribution in [0.15, 0.2) is 34.7 Å². The van der Waals surface area contributed by atoms with Crippen molar-refractivity contribution >= 4 is 16.9 Å². The smallest absolute Gasteiger partial charge is 0.287 e. The van der Waals surface area contributed by atoms with Gasteiger partial charge in [-0.3, -0.25) is 4.79 Å². The van der Waals surface area contributed by atoms with Crippen LogP contribution in [0.2, 0.25) is 0 Å². The van der Waals surface area contributed by atoms with E-state index in [9.17, 15) is 4.79 Å². The maximum Gasteiger partial charge on any atom is 0.287 e. The Morgan fingerprint density at radius 2 is 2.00 bits per heavy atom. The molecule has 1 aliphatic carbocycles. The van der Waals surface area contributed by atoms with E-state index in [1.54, 1.807) is 0 Å². The molecule has 0 atom stereocenters. The molecule has 3 heteroatoms. The van der Waals surface area contributed by atoms with Crippen LogP contribution in [0.25, 0.3) is 11.0 Å². The summed E-state index contributed by atoms with van der Waals surface area (Å²) in [5.74, 6) is 0.959. The number of hydrogen-bond acceptors (Lipinski definition) is 2. The van der Waals surface area contributed by atoms with Crippen molar-refractivity contribution in [2.24, 2.45) is 5.92 Å². The van der Waals surface area contributed by atoms with Gasteiger partial charge in [0.2, 0.25) is 0 Å². The first-order chi connectivity index (χ1) is 9.33. The molecule has 0 unspecified atom stereocenters. The third-order valence-electron chi connectivity index (χ3n) is 3.93. The van der Waals surface area contributed by atoms with Gasteiger partial charge in [-0.25, -0.2) is 0 Å². The van der Waals surface area contributed by atoms with E-state index in [1.807, 2.05) is 30.3 Å². The second kappa shape index (κ2) is 5.47. The minimum absolute atomic E-state index is 0.0956. The van der Waals surface area contributed by atoms with Crippen molar-refractivity contribution in [1.29, 1.82) is 0 Å². The van der Waals surface area contributed by atoms with Crippen molar-refractivity contribution < 1.29 is 9.21 Å². The van der Waals surface area contributed by atoms with Crippen molar-refractivity contribution in [3.63, 3.8) is 0 Å². The summed E-state index contributed by atoms with van der Waals surface area (Å²) in [5, 5.41) is 3.97. The van der Waals surface area contributed by atoms with Gasteiger partial charge in [0, 0.05) is 11.9 Å². The molecule has 1 amide bonds. The molecule has 19 heavy (non-hydrogen) atoms. The minimum atomic E-state index is -0.0956. The molecule has 100 valence electrons. The average molecular weight is 257 g/mol. The molecule has 0 aliphatic heterocycles. The molecular weight excluding hydrogens is 238 g/mol. The number of carbonyl (C=O) groups is 1. The number of hydrogen-bond donors (Lipinski definition) is 1. The van der Waals surface area contributed by atoms with Crippen LogP contribution in [0.1, 0.15) is 42.7 Å². The van der Waals surface area contributed by atoms with Crippen LogP contribution in [-0.2, 0) is 0 Å². The zero-order valence-corrected chi connectivity index (χ0v) is 11.0. The first-order valence-electron chi connectivity index (χ1n) is 7.10. The zero-order valence-electron chi connectivity index (χ0n) is 11.0. The Kier molecular flexibility index (Phi) is 3.53. The van der Waals surface area contributed by atoms with Gasteiger partial charge >= 0.3 is 0 Å². The van der Waals surface area contributed by atoms with Crippen LogP contribution in [0.4, 0.5) is 0 Å². The fourth-order valence-corrected chi connectivity index (χ4v) is 2.81. The highest BCUT2D eigenvalue weighted by Crippen LogP contribution is 2.23. The first-order valence-corrected chi connectivity index (χ1v) is 7.10. The molecular formula is C16H19NO2.